The van der Waals surface area contributed by atoms with E-state index >= 15 is 0 Å². The van der Waals surface area contributed by atoms with Crippen LogP contribution in [0.5, 0.6) is 0 Å². The largest absolute Gasteiger partial charge is 0.384 e. The third-order valence-corrected chi connectivity index (χ3v) is 2.69. The third-order valence-electron chi connectivity index (χ3n) is 2.69. The van der Waals surface area contributed by atoms with E-state index in [0.29, 0.717) is 0 Å². The number of nitrogens with one attached hydrogen (secondary N) is 1. The van der Waals surface area contributed by atoms with Crippen LogP contribution in [0.4, 0.5) is 5.69 Å². The summed E-state index contributed by atoms with van der Waals surface area (Å²) >= 11 is 0. The van der Waals surface area contributed by atoms with Crippen molar-refractivity contribution in [1.82, 2.24) is 4.98 Å². The lowest BCUT2D eigenvalue weighted by molar-refractivity contribution is 0.862. The smallest absolute Gasteiger partial charge is 0.0529 e. The SMILES string of the molecule is Cc1cncc(NCCCc2ccccc2)c1. The highest BCUT2D eigenvalue weighted by Crippen LogP contribution is 2.08. The summed E-state index contributed by atoms with van der Waals surface area (Å²) in [4.78, 5) is 4.16. The van der Waals surface area contributed by atoms with E-state index in [4.69, 9.17) is 0 Å². The van der Waals surface area contributed by atoms with Gasteiger partial charge in [-0.2, -0.15) is 0 Å². The molecule has 0 unspecified atom stereocenters. The van der Waals surface area contributed by atoms with Gasteiger partial charge in [0.15, 0.2) is 0 Å². The molecule has 0 fully saturated rings. The van der Waals surface area contributed by atoms with Gasteiger partial charge in [0.1, 0.15) is 0 Å². The van der Waals surface area contributed by atoms with E-state index in [1.54, 1.807) is 0 Å². The van der Waals surface area contributed by atoms with E-state index in [9.17, 15) is 0 Å². The lowest BCUT2D eigenvalue weighted by Gasteiger charge is -2.06. The molecule has 17 heavy (non-hydrogen) atoms. The molecule has 2 aromatic rings. The highest BCUT2D eigenvalue weighted by atomic mass is 14.9. The van der Waals surface area contributed by atoms with E-state index in [1.165, 1.54) is 11.1 Å². The first kappa shape index (κ1) is 11.6. The van der Waals surface area contributed by atoms with Gasteiger partial charge < -0.3 is 5.32 Å². The van der Waals surface area contributed by atoms with E-state index < -0.39 is 0 Å². The number of aromatic nitrogens is 1. The fraction of sp³-hybridized carbons (Fsp3) is 0.267. The van der Waals surface area contributed by atoms with Crippen LogP contribution in [0.3, 0.4) is 0 Å². The van der Waals surface area contributed by atoms with Gasteiger partial charge in [-0.15, -0.1) is 0 Å². The summed E-state index contributed by atoms with van der Waals surface area (Å²) in [6, 6.07) is 12.7. The lowest BCUT2D eigenvalue weighted by atomic mass is 10.1. The topological polar surface area (TPSA) is 24.9 Å². The van der Waals surface area contributed by atoms with E-state index in [2.05, 4.69) is 53.6 Å². The van der Waals surface area contributed by atoms with Crippen LogP contribution < -0.4 is 5.32 Å². The fourth-order valence-electron chi connectivity index (χ4n) is 1.82. The summed E-state index contributed by atoms with van der Waals surface area (Å²) in [6.07, 6.45) is 6.00. The molecule has 1 aromatic heterocycles. The normalized spacial score (nSPS) is 10.2. The molecule has 1 N–H and O–H groups in total. The van der Waals surface area contributed by atoms with Crippen molar-refractivity contribution in [3.05, 3.63) is 59.9 Å². The van der Waals surface area contributed by atoms with Gasteiger partial charge in [-0.1, -0.05) is 30.3 Å². The summed E-state index contributed by atoms with van der Waals surface area (Å²) in [6.45, 7) is 3.04. The molecule has 0 saturated carbocycles. The van der Waals surface area contributed by atoms with Crippen LogP contribution in [-0.2, 0) is 6.42 Å². The second-order valence-electron chi connectivity index (χ2n) is 4.27. The highest BCUT2D eigenvalue weighted by molar-refractivity contribution is 5.42. The maximum atomic E-state index is 4.16. The van der Waals surface area contributed by atoms with Crippen LogP contribution >= 0.6 is 0 Å². The Bertz CT molecular complexity index is 451. The first-order valence-electron chi connectivity index (χ1n) is 6.04. The number of pyridine rings is 1. The maximum Gasteiger partial charge on any atom is 0.0529 e. The Morgan fingerprint density at radius 3 is 2.71 bits per heavy atom. The van der Waals surface area contributed by atoms with Gasteiger partial charge in [0.2, 0.25) is 0 Å². The van der Waals surface area contributed by atoms with E-state index in [-0.39, 0.29) is 0 Å². The highest BCUT2D eigenvalue weighted by Gasteiger charge is 1.94. The van der Waals surface area contributed by atoms with Crippen molar-refractivity contribution in [3.63, 3.8) is 0 Å². The zero-order valence-electron chi connectivity index (χ0n) is 10.2. The molecule has 1 aromatic carbocycles. The standard InChI is InChI=1S/C15H18N2/c1-13-10-15(12-16-11-13)17-9-5-8-14-6-3-2-4-7-14/h2-4,6-7,10-12,17H,5,8-9H2,1H3. The van der Waals surface area contributed by atoms with Gasteiger partial charge in [0.05, 0.1) is 5.69 Å². The summed E-state index contributed by atoms with van der Waals surface area (Å²) in [5.74, 6) is 0. The van der Waals surface area contributed by atoms with Crippen LogP contribution in [0.1, 0.15) is 17.5 Å². The summed E-state index contributed by atoms with van der Waals surface area (Å²) < 4.78 is 0. The van der Waals surface area contributed by atoms with Crippen LogP contribution in [0.2, 0.25) is 0 Å². The number of aryl methyl sites for hydroxylation is 2. The number of benzene rings is 1. The van der Waals surface area contributed by atoms with Gasteiger partial charge >= 0.3 is 0 Å². The van der Waals surface area contributed by atoms with Crippen LogP contribution in [0.25, 0.3) is 0 Å². The van der Waals surface area contributed by atoms with Crippen LogP contribution in [0, 0.1) is 6.92 Å². The first-order valence-corrected chi connectivity index (χ1v) is 6.04. The molecule has 0 bridgehead atoms. The van der Waals surface area contributed by atoms with Gasteiger partial charge in [-0.05, 0) is 37.0 Å². The molecule has 0 spiro atoms. The van der Waals surface area contributed by atoms with E-state index in [1.807, 2.05) is 12.4 Å². The fourth-order valence-corrected chi connectivity index (χ4v) is 1.82. The maximum absolute atomic E-state index is 4.16. The number of anilines is 1. The Labute approximate surface area is 103 Å². The Morgan fingerprint density at radius 2 is 1.94 bits per heavy atom. The second kappa shape index (κ2) is 6.04. The molecular weight excluding hydrogens is 208 g/mol. The molecule has 2 nitrogen and oxygen atoms in total. The first-order chi connectivity index (χ1) is 8.34. The number of hydrogen-bond acceptors (Lipinski definition) is 2. The van der Waals surface area contributed by atoms with Crippen LogP contribution in [0.15, 0.2) is 48.8 Å². The average Bonchev–Trinajstić information content (AvgIpc) is 2.36. The summed E-state index contributed by atoms with van der Waals surface area (Å²) in [5, 5.41) is 3.39. The van der Waals surface area contributed by atoms with Crippen molar-refractivity contribution >= 4 is 5.69 Å². The van der Waals surface area contributed by atoms with Gasteiger partial charge in [-0.25, -0.2) is 0 Å². The van der Waals surface area contributed by atoms with Crippen molar-refractivity contribution in [2.24, 2.45) is 0 Å². The molecule has 2 rings (SSSR count). The second-order valence-corrected chi connectivity index (χ2v) is 4.27. The molecule has 0 saturated heterocycles. The van der Waals surface area contributed by atoms with Gasteiger partial charge in [0.25, 0.3) is 0 Å². The monoisotopic (exact) mass is 226 g/mol. The Balaban J connectivity index is 1.73. The van der Waals surface area contributed by atoms with Crippen LogP contribution in [-0.4, -0.2) is 11.5 Å². The molecule has 0 radical (unpaired) electrons. The minimum atomic E-state index is 0.986. The lowest BCUT2D eigenvalue weighted by Crippen LogP contribution is -2.03. The van der Waals surface area contributed by atoms with Crippen molar-refractivity contribution in [3.8, 4) is 0 Å². The van der Waals surface area contributed by atoms with E-state index in [0.717, 1.165) is 25.1 Å². The van der Waals surface area contributed by atoms with Crippen molar-refractivity contribution < 1.29 is 0 Å². The molecule has 0 aliphatic heterocycles. The summed E-state index contributed by atoms with van der Waals surface area (Å²) in [7, 11) is 0. The minimum Gasteiger partial charge on any atom is -0.384 e. The number of nitrogens with zero attached hydrogens (tertiary/aromatic N) is 1. The predicted octanol–water partition coefficient (Wildman–Crippen LogP) is 3.43. The Hall–Kier alpha value is -1.83. The Kier molecular flexibility index (Phi) is 4.14. The molecule has 0 aliphatic rings. The predicted molar refractivity (Wildman–Crippen MR) is 72.2 cm³/mol. The molecule has 88 valence electrons. The summed E-state index contributed by atoms with van der Waals surface area (Å²) in [5.41, 5.74) is 3.70. The van der Waals surface area contributed by atoms with Gasteiger partial charge in [0, 0.05) is 18.9 Å². The zero-order chi connectivity index (χ0) is 11.9. The van der Waals surface area contributed by atoms with Crippen molar-refractivity contribution in [2.75, 3.05) is 11.9 Å². The van der Waals surface area contributed by atoms with Gasteiger partial charge in [-0.3, -0.25) is 4.98 Å². The number of rotatable bonds is 5. The average molecular weight is 226 g/mol. The molecular formula is C15H18N2. The zero-order valence-corrected chi connectivity index (χ0v) is 10.2. The third kappa shape index (κ3) is 3.91. The number of hydrogen-bond donors (Lipinski definition) is 1. The molecule has 0 atom stereocenters. The van der Waals surface area contributed by atoms with Crippen molar-refractivity contribution in [1.29, 1.82) is 0 Å². The molecule has 0 aliphatic carbocycles. The Morgan fingerprint density at radius 1 is 1.12 bits per heavy atom. The quantitative estimate of drug-likeness (QED) is 0.790. The molecule has 1 heterocycles. The molecule has 2 heteroatoms. The minimum absolute atomic E-state index is 0.986. The molecule has 0 amide bonds. The van der Waals surface area contributed by atoms with Crippen molar-refractivity contribution in [2.45, 2.75) is 19.8 Å².